The highest BCUT2D eigenvalue weighted by Crippen LogP contribution is 2.42. The fraction of sp³-hybridized carbons (Fsp3) is 0.348. The molecule has 4 nitrogen and oxygen atoms in total. The standard InChI is InChI=1S/C23H23NO3S2/c1-23(2)13-15-5-3-6-17(22(15)27-23)26-14-20(25)24-10-8-18-16(9-12-29-18)21(24)19-7-4-11-28-19/h3-7,9,11-12,21H,8,10,13-14H2,1-2H3. The molecule has 0 aliphatic carbocycles. The zero-order valence-corrected chi connectivity index (χ0v) is 18.1. The second kappa shape index (κ2) is 7.18. The smallest absolute Gasteiger partial charge is 0.261 e. The highest BCUT2D eigenvalue weighted by Gasteiger charge is 2.35. The molecule has 0 N–H and O–H groups in total. The van der Waals surface area contributed by atoms with Crippen molar-refractivity contribution < 1.29 is 14.3 Å². The molecule has 0 radical (unpaired) electrons. The molecule has 3 aromatic rings. The summed E-state index contributed by atoms with van der Waals surface area (Å²) in [5.74, 6) is 1.44. The van der Waals surface area contributed by atoms with Crippen LogP contribution < -0.4 is 9.47 Å². The number of benzene rings is 1. The highest BCUT2D eigenvalue weighted by molar-refractivity contribution is 7.10. The Morgan fingerprint density at radius 3 is 2.93 bits per heavy atom. The Kier molecular flexibility index (Phi) is 4.63. The number of nitrogens with zero attached hydrogens (tertiary/aromatic N) is 1. The minimum atomic E-state index is -0.238. The van der Waals surface area contributed by atoms with E-state index in [1.54, 1.807) is 22.7 Å². The van der Waals surface area contributed by atoms with Crippen LogP contribution in [0.2, 0.25) is 0 Å². The first-order valence-corrected chi connectivity index (χ1v) is 11.6. The summed E-state index contributed by atoms with van der Waals surface area (Å²) in [4.78, 5) is 17.7. The van der Waals surface area contributed by atoms with Crippen molar-refractivity contribution >= 4 is 28.6 Å². The van der Waals surface area contributed by atoms with Crippen molar-refractivity contribution in [3.05, 3.63) is 68.0 Å². The lowest BCUT2D eigenvalue weighted by atomic mass is 9.98. The fourth-order valence-electron chi connectivity index (χ4n) is 4.26. The quantitative estimate of drug-likeness (QED) is 0.585. The zero-order valence-electron chi connectivity index (χ0n) is 16.5. The lowest BCUT2D eigenvalue weighted by Gasteiger charge is -2.35. The molecule has 0 saturated carbocycles. The van der Waals surface area contributed by atoms with Gasteiger partial charge in [-0.3, -0.25) is 4.79 Å². The van der Waals surface area contributed by atoms with Crippen molar-refractivity contribution in [2.45, 2.75) is 38.3 Å². The van der Waals surface area contributed by atoms with Gasteiger partial charge in [0, 0.05) is 28.3 Å². The number of fused-ring (bicyclic) bond motifs is 2. The molecule has 1 aromatic carbocycles. The van der Waals surface area contributed by atoms with E-state index in [1.165, 1.54) is 15.3 Å². The summed E-state index contributed by atoms with van der Waals surface area (Å²) in [5, 5.41) is 4.20. The fourth-order valence-corrected chi connectivity index (χ4v) is 6.02. The predicted molar refractivity (Wildman–Crippen MR) is 116 cm³/mol. The third kappa shape index (κ3) is 3.45. The number of rotatable bonds is 4. The van der Waals surface area contributed by atoms with Crippen LogP contribution in [-0.2, 0) is 17.6 Å². The molecular weight excluding hydrogens is 402 g/mol. The number of ether oxygens (including phenoxy) is 2. The number of hydrogen-bond acceptors (Lipinski definition) is 5. The Morgan fingerprint density at radius 1 is 1.21 bits per heavy atom. The SMILES string of the molecule is CC1(C)Cc2cccc(OCC(=O)N3CCc4sccc4C3c3cccs3)c2O1. The van der Waals surface area contributed by atoms with E-state index in [-0.39, 0.29) is 24.2 Å². The molecule has 1 amide bonds. The van der Waals surface area contributed by atoms with Crippen LogP contribution in [0.15, 0.2) is 47.2 Å². The van der Waals surface area contributed by atoms with Crippen LogP contribution in [0.4, 0.5) is 0 Å². The van der Waals surface area contributed by atoms with Gasteiger partial charge in [0.25, 0.3) is 5.91 Å². The average molecular weight is 426 g/mol. The van der Waals surface area contributed by atoms with Crippen LogP contribution in [0, 0.1) is 0 Å². The van der Waals surface area contributed by atoms with Crippen molar-refractivity contribution in [2.24, 2.45) is 0 Å². The van der Waals surface area contributed by atoms with Crippen molar-refractivity contribution in [3.63, 3.8) is 0 Å². The number of para-hydroxylation sites is 1. The molecule has 0 saturated heterocycles. The Bertz CT molecular complexity index is 1040. The summed E-state index contributed by atoms with van der Waals surface area (Å²) in [6.07, 6.45) is 1.75. The number of amides is 1. The molecule has 4 heterocycles. The molecule has 150 valence electrons. The normalized spacial score (nSPS) is 19.4. The molecule has 0 spiro atoms. The van der Waals surface area contributed by atoms with Crippen LogP contribution in [0.5, 0.6) is 11.5 Å². The summed E-state index contributed by atoms with van der Waals surface area (Å²) in [7, 11) is 0. The van der Waals surface area contributed by atoms with E-state index in [1.807, 2.05) is 23.1 Å². The van der Waals surface area contributed by atoms with Gasteiger partial charge in [-0.2, -0.15) is 0 Å². The van der Waals surface area contributed by atoms with Crippen LogP contribution in [0.3, 0.4) is 0 Å². The summed E-state index contributed by atoms with van der Waals surface area (Å²) in [6.45, 7) is 4.87. The summed E-state index contributed by atoms with van der Waals surface area (Å²) in [6, 6.07) is 12.2. The third-order valence-corrected chi connectivity index (χ3v) is 7.43. The number of hydrogen-bond donors (Lipinski definition) is 0. The molecule has 2 aromatic heterocycles. The minimum absolute atomic E-state index is 0.00936. The van der Waals surface area contributed by atoms with Gasteiger partial charge in [-0.25, -0.2) is 0 Å². The van der Waals surface area contributed by atoms with Gasteiger partial charge in [0.1, 0.15) is 5.60 Å². The molecule has 0 bridgehead atoms. The average Bonchev–Trinajstić information content (AvgIpc) is 3.43. The lowest BCUT2D eigenvalue weighted by molar-refractivity contribution is -0.135. The molecule has 1 unspecified atom stereocenters. The molecule has 1 atom stereocenters. The molecule has 0 fully saturated rings. The van der Waals surface area contributed by atoms with Gasteiger partial charge in [-0.1, -0.05) is 18.2 Å². The maximum absolute atomic E-state index is 13.2. The van der Waals surface area contributed by atoms with E-state index in [2.05, 4.69) is 42.8 Å². The van der Waals surface area contributed by atoms with Crippen LogP contribution in [-0.4, -0.2) is 29.6 Å². The summed E-state index contributed by atoms with van der Waals surface area (Å²) >= 11 is 3.48. The van der Waals surface area contributed by atoms with E-state index < -0.39 is 0 Å². The monoisotopic (exact) mass is 425 g/mol. The van der Waals surface area contributed by atoms with Crippen LogP contribution in [0.1, 0.15) is 40.8 Å². The van der Waals surface area contributed by atoms with Gasteiger partial charge in [0.05, 0.1) is 6.04 Å². The second-order valence-electron chi connectivity index (χ2n) is 8.13. The van der Waals surface area contributed by atoms with E-state index in [4.69, 9.17) is 9.47 Å². The number of carbonyl (C=O) groups excluding carboxylic acids is 1. The van der Waals surface area contributed by atoms with Crippen molar-refractivity contribution in [3.8, 4) is 11.5 Å². The topological polar surface area (TPSA) is 38.8 Å². The first-order chi connectivity index (χ1) is 14.0. The maximum atomic E-state index is 13.2. The molecule has 5 rings (SSSR count). The minimum Gasteiger partial charge on any atom is -0.483 e. The molecule has 6 heteroatoms. The van der Waals surface area contributed by atoms with E-state index in [9.17, 15) is 4.79 Å². The number of carbonyl (C=O) groups is 1. The largest absolute Gasteiger partial charge is 0.483 e. The van der Waals surface area contributed by atoms with Crippen molar-refractivity contribution in [1.29, 1.82) is 0 Å². The summed E-state index contributed by atoms with van der Waals surface area (Å²) < 4.78 is 12.1. The van der Waals surface area contributed by atoms with Gasteiger partial charge < -0.3 is 14.4 Å². The third-order valence-electron chi connectivity index (χ3n) is 5.51. The molecule has 2 aliphatic heterocycles. The first-order valence-electron chi connectivity index (χ1n) is 9.85. The van der Waals surface area contributed by atoms with Crippen LogP contribution in [0.25, 0.3) is 0 Å². The van der Waals surface area contributed by atoms with Crippen molar-refractivity contribution in [2.75, 3.05) is 13.2 Å². The summed E-state index contributed by atoms with van der Waals surface area (Å²) in [5.41, 5.74) is 2.15. The Balaban J connectivity index is 1.36. The molecular formula is C23H23NO3S2. The predicted octanol–water partition coefficient (Wildman–Crippen LogP) is 5.08. The first kappa shape index (κ1) is 18.7. The van der Waals surface area contributed by atoms with Crippen molar-refractivity contribution in [1.82, 2.24) is 4.90 Å². The lowest BCUT2D eigenvalue weighted by Crippen LogP contribution is -2.42. The zero-order chi connectivity index (χ0) is 20.0. The second-order valence-corrected chi connectivity index (χ2v) is 10.1. The van der Waals surface area contributed by atoms with Gasteiger partial charge in [0.15, 0.2) is 18.1 Å². The highest BCUT2D eigenvalue weighted by atomic mass is 32.1. The van der Waals surface area contributed by atoms with E-state index in [0.717, 1.165) is 24.2 Å². The molecule has 29 heavy (non-hydrogen) atoms. The van der Waals surface area contributed by atoms with E-state index >= 15 is 0 Å². The van der Waals surface area contributed by atoms with Gasteiger partial charge in [0.2, 0.25) is 0 Å². The molecule has 2 aliphatic rings. The van der Waals surface area contributed by atoms with Gasteiger partial charge in [-0.05, 0) is 54.8 Å². The number of thiophene rings is 2. The Hall–Kier alpha value is -2.31. The van der Waals surface area contributed by atoms with Gasteiger partial charge >= 0.3 is 0 Å². The Morgan fingerprint density at radius 2 is 2.10 bits per heavy atom. The van der Waals surface area contributed by atoms with Crippen LogP contribution >= 0.6 is 22.7 Å². The Labute approximate surface area is 178 Å². The van der Waals surface area contributed by atoms with E-state index in [0.29, 0.717) is 12.3 Å². The van der Waals surface area contributed by atoms with Gasteiger partial charge in [-0.15, -0.1) is 22.7 Å². The maximum Gasteiger partial charge on any atom is 0.261 e.